The lowest BCUT2D eigenvalue weighted by Gasteiger charge is -2.19. The summed E-state index contributed by atoms with van der Waals surface area (Å²) in [7, 11) is 1.55. The molecule has 0 aliphatic carbocycles. The van der Waals surface area contributed by atoms with Crippen molar-refractivity contribution < 1.29 is 33.7 Å². The van der Waals surface area contributed by atoms with Crippen LogP contribution in [0.15, 0.2) is 30.5 Å². The van der Waals surface area contributed by atoms with E-state index in [4.69, 9.17) is 6.57 Å². The largest absolute Gasteiger partial charge is 0.356 e. The highest BCUT2D eigenvalue weighted by atomic mass is 19.3. The Morgan fingerprint density at radius 1 is 1.24 bits per heavy atom. The van der Waals surface area contributed by atoms with Crippen LogP contribution in [0.25, 0.3) is 15.7 Å². The lowest BCUT2D eigenvalue weighted by atomic mass is 10.1. The Bertz CT molecular complexity index is 1250. The van der Waals surface area contributed by atoms with Gasteiger partial charge in [0, 0.05) is 37.2 Å². The summed E-state index contributed by atoms with van der Waals surface area (Å²) in [6, 6.07) is 6.31. The van der Waals surface area contributed by atoms with Gasteiger partial charge in [-0.1, -0.05) is 0 Å². The van der Waals surface area contributed by atoms with Gasteiger partial charge in [-0.05, 0) is 24.3 Å². The van der Waals surface area contributed by atoms with Crippen LogP contribution in [0.5, 0.6) is 0 Å². The molecule has 11 nitrogen and oxygen atoms in total. The van der Waals surface area contributed by atoms with Crippen LogP contribution in [0.4, 0.5) is 14.5 Å². The van der Waals surface area contributed by atoms with Crippen molar-refractivity contribution in [2.45, 2.75) is 31.4 Å². The van der Waals surface area contributed by atoms with Crippen LogP contribution in [0, 0.1) is 6.57 Å². The summed E-state index contributed by atoms with van der Waals surface area (Å²) in [5, 5.41) is 5.49. The molecule has 5 N–H and O–H groups in total. The van der Waals surface area contributed by atoms with Gasteiger partial charge in [0.2, 0.25) is 17.7 Å². The van der Waals surface area contributed by atoms with Crippen molar-refractivity contribution in [2.75, 3.05) is 38.1 Å². The van der Waals surface area contributed by atoms with Gasteiger partial charge in [0.15, 0.2) is 0 Å². The Hall–Kier alpha value is -4.18. The molecule has 0 spiro atoms. The fourth-order valence-electron chi connectivity index (χ4n) is 3.91. The summed E-state index contributed by atoms with van der Waals surface area (Å²) in [5.74, 6) is -5.12. The summed E-state index contributed by atoms with van der Waals surface area (Å²) in [5.41, 5.74) is 4.73. The van der Waals surface area contributed by atoms with Crippen LogP contribution in [-0.4, -0.2) is 78.8 Å². The first-order valence-corrected chi connectivity index (χ1v) is 11.6. The summed E-state index contributed by atoms with van der Waals surface area (Å²) in [6.45, 7) is 6.61. The van der Waals surface area contributed by atoms with Crippen LogP contribution >= 0.6 is 0 Å². The lowest BCUT2D eigenvalue weighted by molar-refractivity contribution is -0.364. The molecule has 1 aromatic carbocycles. The number of benzene rings is 1. The number of anilines is 1. The minimum absolute atomic E-state index is 0.0127. The Balaban J connectivity index is 1.70. The number of aromatic nitrogens is 1. The number of halogens is 2. The zero-order valence-electron chi connectivity index (χ0n) is 20.3. The highest BCUT2D eigenvalue weighted by molar-refractivity contribution is 6.08. The first-order valence-electron chi connectivity index (χ1n) is 11.6. The summed E-state index contributed by atoms with van der Waals surface area (Å²) in [6.07, 6.45) is -0.584. The van der Waals surface area contributed by atoms with E-state index in [9.17, 15) is 28.0 Å². The molecule has 1 fully saturated rings. The smallest absolute Gasteiger partial charge is 0.306 e. The third-order valence-corrected chi connectivity index (χ3v) is 5.91. The van der Waals surface area contributed by atoms with E-state index in [1.165, 1.54) is 17.2 Å². The minimum atomic E-state index is -3.15. The number of pyridine rings is 1. The molecule has 1 atom stereocenters. The third kappa shape index (κ3) is 6.73. The van der Waals surface area contributed by atoms with Crippen molar-refractivity contribution in [1.82, 2.24) is 20.5 Å². The summed E-state index contributed by atoms with van der Waals surface area (Å²) < 4.78 is 27.3. The molecule has 37 heavy (non-hydrogen) atoms. The molecule has 13 heteroatoms. The molecule has 0 radical (unpaired) electrons. The third-order valence-electron chi connectivity index (χ3n) is 5.91. The predicted octanol–water partition coefficient (Wildman–Crippen LogP) is 0.179. The second-order valence-corrected chi connectivity index (χ2v) is 8.59. The zero-order valence-corrected chi connectivity index (χ0v) is 20.3. The fraction of sp³-hybridized carbons (Fsp3) is 0.417. The Kier molecular flexibility index (Phi) is 8.67. The first kappa shape index (κ1) is 27.4. The van der Waals surface area contributed by atoms with Gasteiger partial charge in [-0.25, -0.2) is 15.4 Å². The Morgan fingerprint density at radius 2 is 2.00 bits per heavy atom. The van der Waals surface area contributed by atoms with Gasteiger partial charge in [0.05, 0.1) is 37.3 Å². The molecule has 0 saturated carbocycles. The number of nitrogens with zero attached hydrogens (tertiary/aromatic N) is 4. The van der Waals surface area contributed by atoms with Crippen molar-refractivity contribution in [1.29, 1.82) is 0 Å². The first-order chi connectivity index (χ1) is 17.6. The van der Waals surface area contributed by atoms with Crippen LogP contribution < -0.4 is 21.3 Å². The topological polar surface area (TPSA) is 144 Å². The van der Waals surface area contributed by atoms with E-state index in [0.717, 1.165) is 4.90 Å². The Morgan fingerprint density at radius 3 is 2.70 bits per heavy atom. The summed E-state index contributed by atoms with van der Waals surface area (Å²) >= 11 is 0. The molecule has 1 saturated heterocycles. The van der Waals surface area contributed by atoms with Gasteiger partial charge >= 0.3 is 6.17 Å². The normalized spacial score (nSPS) is 16.2. The van der Waals surface area contributed by atoms with Crippen molar-refractivity contribution in [3.63, 3.8) is 0 Å². The molecule has 2 aromatic rings. The average Bonchev–Trinajstić information content (AvgIpc) is 3.22. The number of nitrogens with one attached hydrogen (secondary N) is 2. The molecule has 0 unspecified atom stereocenters. The number of amides is 4. The van der Waals surface area contributed by atoms with E-state index in [1.54, 1.807) is 25.2 Å². The molecule has 1 aromatic heterocycles. The van der Waals surface area contributed by atoms with Crippen LogP contribution in [0.1, 0.15) is 29.6 Å². The van der Waals surface area contributed by atoms with Gasteiger partial charge in [0.25, 0.3) is 11.8 Å². The van der Waals surface area contributed by atoms with Gasteiger partial charge in [-0.3, -0.25) is 33.9 Å². The maximum Gasteiger partial charge on any atom is 0.306 e. The lowest BCUT2D eigenvalue weighted by Crippen LogP contribution is -2.54. The van der Waals surface area contributed by atoms with Crippen LogP contribution in [0.2, 0.25) is 0 Å². The number of carbonyl (C=O) groups is 4. The van der Waals surface area contributed by atoms with Gasteiger partial charge in [0.1, 0.15) is 6.42 Å². The monoisotopic (exact) mass is 516 g/mol. The molecular weight excluding hydrogens is 488 g/mol. The quantitative estimate of drug-likeness (QED) is 0.408. The molecule has 0 bridgehead atoms. The highest BCUT2D eigenvalue weighted by Gasteiger charge is 2.50. The predicted molar refractivity (Wildman–Crippen MR) is 129 cm³/mol. The molecule has 196 valence electrons. The molecule has 2 heterocycles. The van der Waals surface area contributed by atoms with Gasteiger partial charge < -0.3 is 21.3 Å². The standard InChI is InChI=1S/C24H27F2N7O4/c1-28-19-12-24(25,26)14-33(19)22(36)13-31-23(37)16-7-9-29-18-4-3-15(11-17(16)18)32(2)21(35)6-5-20(34)30-10-8-27/h3-4,7,9,11,19H,5-6,8,10,12-14,27H2,2H3,(H,30,34)(H,31,37)/p+1/t19-/m0/s1. The number of hydrogen-bond acceptors (Lipinski definition) is 5. The van der Waals surface area contributed by atoms with Crippen molar-refractivity contribution in [3.05, 3.63) is 47.4 Å². The molecule has 4 amide bonds. The average molecular weight is 517 g/mol. The molecule has 1 aliphatic rings. The number of alkyl halides is 2. The van der Waals surface area contributed by atoms with E-state index >= 15 is 0 Å². The summed E-state index contributed by atoms with van der Waals surface area (Å²) in [4.78, 5) is 59.1. The second-order valence-electron chi connectivity index (χ2n) is 8.59. The van der Waals surface area contributed by atoms with Gasteiger partial charge in [-0.15, -0.1) is 0 Å². The minimum Gasteiger partial charge on any atom is -0.356 e. The number of rotatable bonds is 9. The number of quaternary nitrogens is 1. The van der Waals surface area contributed by atoms with E-state index < -0.39 is 43.4 Å². The maximum atomic E-state index is 13.6. The number of likely N-dealkylation sites (tertiary alicyclic amines) is 1. The van der Waals surface area contributed by atoms with Crippen LogP contribution in [-0.2, 0) is 14.4 Å². The van der Waals surface area contributed by atoms with Gasteiger partial charge in [-0.2, -0.15) is 0 Å². The van der Waals surface area contributed by atoms with Crippen molar-refractivity contribution in [2.24, 2.45) is 0 Å². The maximum absolute atomic E-state index is 13.6. The number of hydrogen-bond donors (Lipinski definition) is 3. The van der Waals surface area contributed by atoms with E-state index in [1.807, 2.05) is 0 Å². The Labute approximate surface area is 211 Å². The number of fused-ring (bicyclic) bond motifs is 1. The van der Waals surface area contributed by atoms with Crippen molar-refractivity contribution in [3.8, 4) is 0 Å². The molecular formula is C24H28F2N7O4+. The van der Waals surface area contributed by atoms with E-state index in [2.05, 4.69) is 26.2 Å². The second kappa shape index (κ2) is 11.7. The van der Waals surface area contributed by atoms with E-state index in [0.29, 0.717) is 29.7 Å². The van der Waals surface area contributed by atoms with Crippen LogP contribution in [0.3, 0.4) is 0 Å². The highest BCUT2D eigenvalue weighted by Crippen LogP contribution is 2.32. The molecule has 1 aliphatic heterocycles. The van der Waals surface area contributed by atoms with E-state index in [-0.39, 0.29) is 30.2 Å². The number of carbonyl (C=O) groups excluding carboxylic acids is 4. The SMILES string of the molecule is [C-]#[N+][C@@H]1CC(F)(F)CN1C(=O)CNC(=O)c1ccnc2ccc(N(C)C(=O)CCC(=O)NCC[NH3+])cc12. The van der Waals surface area contributed by atoms with Crippen molar-refractivity contribution >= 4 is 40.2 Å². The molecule has 3 rings (SSSR count). The fourth-order valence-corrected chi connectivity index (χ4v) is 3.91. The zero-order chi connectivity index (χ0) is 27.2.